The lowest BCUT2D eigenvalue weighted by atomic mass is 9.93. The van der Waals surface area contributed by atoms with Crippen LogP contribution in [-0.2, 0) is 24.5 Å². The molecule has 19 heavy (non-hydrogen) atoms. The normalized spacial score (nSPS) is 24.6. The number of carbonyl (C=O) groups is 2. The lowest BCUT2D eigenvalue weighted by Gasteiger charge is -2.16. The third-order valence-corrected chi connectivity index (χ3v) is 3.46. The molecular formula is C15H18O4. The first-order chi connectivity index (χ1) is 9.16. The van der Waals surface area contributed by atoms with Crippen molar-refractivity contribution in [2.75, 3.05) is 13.2 Å². The summed E-state index contributed by atoms with van der Waals surface area (Å²) in [5.74, 6) is -1.08. The Hall–Kier alpha value is -1.84. The molecule has 0 saturated heterocycles. The number of carbonyl (C=O) groups excluding carboxylic acids is 2. The summed E-state index contributed by atoms with van der Waals surface area (Å²) in [6, 6.07) is 9.31. The van der Waals surface area contributed by atoms with Crippen LogP contribution in [0.25, 0.3) is 0 Å². The van der Waals surface area contributed by atoms with E-state index in [0.29, 0.717) is 19.6 Å². The average molecular weight is 262 g/mol. The molecule has 0 unspecified atom stereocenters. The van der Waals surface area contributed by atoms with Crippen LogP contribution in [0.15, 0.2) is 30.3 Å². The molecule has 0 bridgehead atoms. The highest BCUT2D eigenvalue weighted by molar-refractivity contribution is 5.96. The second kappa shape index (κ2) is 5.43. The van der Waals surface area contributed by atoms with Gasteiger partial charge in [0.05, 0.1) is 19.1 Å². The van der Waals surface area contributed by atoms with Gasteiger partial charge in [0, 0.05) is 0 Å². The number of hydrogen-bond acceptors (Lipinski definition) is 4. The van der Waals surface area contributed by atoms with Crippen LogP contribution in [0.5, 0.6) is 0 Å². The molecule has 0 aliphatic heterocycles. The molecule has 1 aromatic rings. The van der Waals surface area contributed by atoms with Crippen molar-refractivity contribution in [3.05, 3.63) is 35.9 Å². The van der Waals surface area contributed by atoms with Crippen LogP contribution in [0.4, 0.5) is 0 Å². The smallest absolute Gasteiger partial charge is 0.317 e. The second-order valence-electron chi connectivity index (χ2n) is 4.57. The van der Waals surface area contributed by atoms with Gasteiger partial charge in [0.2, 0.25) is 0 Å². The summed E-state index contributed by atoms with van der Waals surface area (Å²) in [4.78, 5) is 24.1. The third kappa shape index (κ3) is 2.35. The first kappa shape index (κ1) is 13.6. The quantitative estimate of drug-likeness (QED) is 0.762. The van der Waals surface area contributed by atoms with E-state index in [-0.39, 0.29) is 11.9 Å². The topological polar surface area (TPSA) is 52.6 Å². The van der Waals surface area contributed by atoms with E-state index < -0.39 is 11.3 Å². The van der Waals surface area contributed by atoms with E-state index in [2.05, 4.69) is 0 Å². The van der Waals surface area contributed by atoms with Gasteiger partial charge in [0.1, 0.15) is 5.41 Å². The number of ether oxygens (including phenoxy) is 2. The Morgan fingerprint density at radius 3 is 2.37 bits per heavy atom. The Morgan fingerprint density at radius 2 is 1.79 bits per heavy atom. The zero-order valence-electron chi connectivity index (χ0n) is 11.2. The Balaban J connectivity index is 2.28. The predicted molar refractivity (Wildman–Crippen MR) is 69.5 cm³/mol. The van der Waals surface area contributed by atoms with Crippen molar-refractivity contribution in [1.29, 1.82) is 0 Å². The highest BCUT2D eigenvalue weighted by atomic mass is 16.5. The molecule has 0 spiro atoms. The van der Waals surface area contributed by atoms with Gasteiger partial charge in [-0.3, -0.25) is 9.59 Å². The van der Waals surface area contributed by atoms with Crippen molar-refractivity contribution < 1.29 is 19.1 Å². The minimum Gasteiger partial charge on any atom is -0.466 e. The number of rotatable bonds is 5. The van der Waals surface area contributed by atoms with E-state index in [1.165, 1.54) is 0 Å². The van der Waals surface area contributed by atoms with Gasteiger partial charge < -0.3 is 9.47 Å². The van der Waals surface area contributed by atoms with Crippen molar-refractivity contribution in [1.82, 2.24) is 0 Å². The van der Waals surface area contributed by atoms with Crippen LogP contribution in [0.2, 0.25) is 0 Å². The number of benzene rings is 1. The molecule has 0 aromatic heterocycles. The fraction of sp³-hybridized carbons (Fsp3) is 0.467. The molecule has 0 amide bonds. The van der Waals surface area contributed by atoms with Gasteiger partial charge in [-0.2, -0.15) is 0 Å². The Bertz CT molecular complexity index is 468. The zero-order chi connectivity index (χ0) is 13.9. The second-order valence-corrected chi connectivity index (χ2v) is 4.57. The SMILES string of the molecule is CCOC(=O)[C@@H]1C[C@]1(C(=O)OCC)c1ccccc1. The molecule has 102 valence electrons. The maximum absolute atomic E-state index is 12.2. The average Bonchev–Trinajstić information content (AvgIpc) is 3.17. The summed E-state index contributed by atoms with van der Waals surface area (Å²) in [5.41, 5.74) is -0.0183. The highest BCUT2D eigenvalue weighted by Gasteiger charge is 2.66. The maximum Gasteiger partial charge on any atom is 0.317 e. The Labute approximate surface area is 112 Å². The van der Waals surface area contributed by atoms with Crippen molar-refractivity contribution in [3.63, 3.8) is 0 Å². The Morgan fingerprint density at radius 1 is 1.16 bits per heavy atom. The van der Waals surface area contributed by atoms with E-state index in [0.717, 1.165) is 5.56 Å². The lowest BCUT2D eigenvalue weighted by Crippen LogP contribution is -2.28. The molecule has 0 radical (unpaired) electrons. The van der Waals surface area contributed by atoms with Crippen molar-refractivity contribution in [2.45, 2.75) is 25.7 Å². The minimum atomic E-state index is -0.844. The van der Waals surface area contributed by atoms with Crippen LogP contribution in [0.1, 0.15) is 25.8 Å². The summed E-state index contributed by atoms with van der Waals surface area (Å²) in [6.07, 6.45) is 0.467. The molecule has 0 heterocycles. The molecule has 1 aliphatic rings. The molecule has 0 N–H and O–H groups in total. The van der Waals surface area contributed by atoms with Crippen molar-refractivity contribution in [2.24, 2.45) is 5.92 Å². The van der Waals surface area contributed by atoms with E-state index in [4.69, 9.17) is 9.47 Å². The van der Waals surface area contributed by atoms with Crippen LogP contribution in [0, 0.1) is 5.92 Å². The first-order valence-corrected chi connectivity index (χ1v) is 6.56. The molecule has 1 fully saturated rings. The van der Waals surface area contributed by atoms with E-state index in [1.54, 1.807) is 13.8 Å². The molecule has 2 rings (SSSR count). The first-order valence-electron chi connectivity index (χ1n) is 6.56. The molecule has 1 aliphatic carbocycles. The largest absolute Gasteiger partial charge is 0.466 e. The molecule has 1 saturated carbocycles. The monoisotopic (exact) mass is 262 g/mol. The summed E-state index contributed by atoms with van der Waals surface area (Å²) >= 11 is 0. The highest BCUT2D eigenvalue weighted by Crippen LogP contribution is 2.55. The Kier molecular flexibility index (Phi) is 3.88. The molecular weight excluding hydrogens is 244 g/mol. The van der Waals surface area contributed by atoms with Gasteiger partial charge in [-0.15, -0.1) is 0 Å². The van der Waals surface area contributed by atoms with Gasteiger partial charge >= 0.3 is 11.9 Å². The third-order valence-electron chi connectivity index (χ3n) is 3.46. The summed E-state index contributed by atoms with van der Waals surface area (Å²) in [7, 11) is 0. The maximum atomic E-state index is 12.2. The summed E-state index contributed by atoms with van der Waals surface area (Å²) in [5, 5.41) is 0. The van der Waals surface area contributed by atoms with Crippen LogP contribution in [-0.4, -0.2) is 25.2 Å². The van der Waals surface area contributed by atoms with Gasteiger partial charge in [-0.1, -0.05) is 30.3 Å². The predicted octanol–water partition coefficient (Wildman–Crippen LogP) is 2.07. The van der Waals surface area contributed by atoms with Gasteiger partial charge in [-0.25, -0.2) is 0 Å². The number of hydrogen-bond donors (Lipinski definition) is 0. The van der Waals surface area contributed by atoms with Crippen molar-refractivity contribution >= 4 is 11.9 Å². The fourth-order valence-electron chi connectivity index (χ4n) is 2.45. The number of esters is 2. The molecule has 1 aromatic carbocycles. The molecule has 2 atom stereocenters. The van der Waals surface area contributed by atoms with E-state index >= 15 is 0 Å². The molecule has 4 heteroatoms. The van der Waals surface area contributed by atoms with E-state index in [1.807, 2.05) is 30.3 Å². The van der Waals surface area contributed by atoms with Gasteiger partial charge in [-0.05, 0) is 25.8 Å². The van der Waals surface area contributed by atoms with Crippen LogP contribution < -0.4 is 0 Å². The lowest BCUT2D eigenvalue weighted by molar-refractivity contribution is -0.152. The zero-order valence-corrected chi connectivity index (χ0v) is 11.2. The fourth-order valence-corrected chi connectivity index (χ4v) is 2.45. The van der Waals surface area contributed by atoms with Crippen LogP contribution in [0.3, 0.4) is 0 Å². The summed E-state index contributed by atoms with van der Waals surface area (Å²) in [6.45, 7) is 4.15. The van der Waals surface area contributed by atoms with Crippen molar-refractivity contribution in [3.8, 4) is 0 Å². The minimum absolute atomic E-state index is 0.308. The van der Waals surface area contributed by atoms with Gasteiger partial charge in [0.15, 0.2) is 0 Å². The standard InChI is InChI=1S/C15H18O4/c1-3-18-13(16)12-10-15(12,14(17)19-4-2)11-8-6-5-7-9-11/h5-9,12H,3-4,10H2,1-2H3/t12-,15-/m0/s1. The summed E-state index contributed by atoms with van der Waals surface area (Å²) < 4.78 is 10.2. The van der Waals surface area contributed by atoms with Crippen LogP contribution >= 0.6 is 0 Å². The molecule has 4 nitrogen and oxygen atoms in total. The van der Waals surface area contributed by atoms with Gasteiger partial charge in [0.25, 0.3) is 0 Å². The van der Waals surface area contributed by atoms with E-state index in [9.17, 15) is 9.59 Å².